The molecule has 3 aromatic carbocycles. The van der Waals surface area contributed by atoms with Crippen molar-refractivity contribution in [1.29, 1.82) is 0 Å². The number of halogens is 1. The minimum absolute atomic E-state index is 0.133. The van der Waals surface area contributed by atoms with Crippen LogP contribution < -0.4 is 9.47 Å². The second-order valence-electron chi connectivity index (χ2n) is 9.30. The Morgan fingerprint density at radius 1 is 1.11 bits per heavy atom. The number of aromatic carboxylic acids is 1. The molecule has 6 nitrogen and oxygen atoms in total. The molecular weight excluding hydrogens is 461 g/mol. The quantitative estimate of drug-likeness (QED) is 0.439. The molecule has 2 N–H and O–H groups in total. The van der Waals surface area contributed by atoms with Crippen LogP contribution in [-0.4, -0.2) is 54.0 Å². The number of carboxylic acids is 1. The SMILES string of the molecule is CC1=C(c2cccc(C(=O)O)c2)[C@H](c2ccc(OCCN3CC(CF)C3)cc2)Oc2ccc(O)cc21. The first-order valence-electron chi connectivity index (χ1n) is 12.0. The zero-order valence-electron chi connectivity index (χ0n) is 20.0. The first-order valence-corrected chi connectivity index (χ1v) is 12.0. The summed E-state index contributed by atoms with van der Waals surface area (Å²) >= 11 is 0. The molecule has 3 aromatic rings. The highest BCUT2D eigenvalue weighted by molar-refractivity contribution is 5.97. The molecule has 1 fully saturated rings. The number of benzene rings is 3. The van der Waals surface area contributed by atoms with Crippen molar-refractivity contribution in [2.45, 2.75) is 13.0 Å². The Bertz CT molecular complexity index is 1300. The molecular formula is C29H28FNO5. The second kappa shape index (κ2) is 10.0. The zero-order chi connectivity index (χ0) is 25.2. The van der Waals surface area contributed by atoms with E-state index in [0.29, 0.717) is 12.4 Å². The van der Waals surface area contributed by atoms with Crippen molar-refractivity contribution in [3.05, 3.63) is 89.0 Å². The van der Waals surface area contributed by atoms with Crippen LogP contribution in [0.2, 0.25) is 0 Å². The highest BCUT2D eigenvalue weighted by Gasteiger charge is 2.30. The molecule has 36 heavy (non-hydrogen) atoms. The zero-order valence-corrected chi connectivity index (χ0v) is 20.0. The number of rotatable bonds is 8. The Morgan fingerprint density at radius 2 is 1.89 bits per heavy atom. The highest BCUT2D eigenvalue weighted by Crippen LogP contribution is 2.47. The number of ether oxygens (including phenoxy) is 2. The predicted molar refractivity (Wildman–Crippen MR) is 135 cm³/mol. The molecule has 0 radical (unpaired) electrons. The normalized spacial score (nSPS) is 17.8. The van der Waals surface area contributed by atoms with Crippen molar-refractivity contribution in [3.8, 4) is 17.2 Å². The monoisotopic (exact) mass is 489 g/mol. The average molecular weight is 490 g/mol. The van der Waals surface area contributed by atoms with Crippen LogP contribution in [0.3, 0.4) is 0 Å². The largest absolute Gasteiger partial charge is 0.508 e. The Kier molecular flexibility index (Phi) is 6.65. The fourth-order valence-electron chi connectivity index (χ4n) is 4.85. The van der Waals surface area contributed by atoms with Gasteiger partial charge in [-0.3, -0.25) is 9.29 Å². The number of phenolic OH excluding ortho intramolecular Hbond substituents is 1. The minimum atomic E-state index is -0.999. The number of fused-ring (bicyclic) bond motifs is 1. The smallest absolute Gasteiger partial charge is 0.335 e. The summed E-state index contributed by atoms with van der Waals surface area (Å²) in [7, 11) is 0. The van der Waals surface area contributed by atoms with Gasteiger partial charge in [-0.2, -0.15) is 0 Å². The standard InChI is InChI=1S/C29H28FNO5/c1-18-25-14-23(32)7-10-26(25)36-28(27(18)21-3-2-4-22(13-21)29(33)34)20-5-8-24(9-6-20)35-12-11-31-16-19(15-30)17-31/h2-10,13-14,19,28,32H,11-12,15-17H2,1H3,(H,33,34)/t28-/m0/s1. The molecule has 2 heterocycles. The van der Waals surface area contributed by atoms with Gasteiger partial charge >= 0.3 is 5.97 Å². The molecule has 1 atom stereocenters. The van der Waals surface area contributed by atoms with E-state index in [9.17, 15) is 19.4 Å². The lowest BCUT2D eigenvalue weighted by Crippen LogP contribution is -2.49. The number of allylic oxidation sites excluding steroid dienone is 1. The van der Waals surface area contributed by atoms with E-state index in [-0.39, 0.29) is 23.9 Å². The third kappa shape index (κ3) is 4.79. The van der Waals surface area contributed by atoms with Gasteiger partial charge in [0.25, 0.3) is 0 Å². The van der Waals surface area contributed by atoms with E-state index in [1.54, 1.807) is 36.4 Å². The molecule has 5 rings (SSSR count). The average Bonchev–Trinajstić information content (AvgIpc) is 2.86. The van der Waals surface area contributed by atoms with E-state index in [4.69, 9.17) is 9.47 Å². The summed E-state index contributed by atoms with van der Waals surface area (Å²) in [6.45, 7) is 4.56. The fourth-order valence-corrected chi connectivity index (χ4v) is 4.85. The van der Waals surface area contributed by atoms with Gasteiger partial charge < -0.3 is 19.7 Å². The van der Waals surface area contributed by atoms with E-state index < -0.39 is 12.1 Å². The maximum atomic E-state index is 12.6. The molecule has 0 amide bonds. The number of aromatic hydroxyl groups is 1. The summed E-state index contributed by atoms with van der Waals surface area (Å²) in [5, 5.41) is 19.6. The van der Waals surface area contributed by atoms with Gasteiger partial charge in [-0.05, 0) is 66.1 Å². The van der Waals surface area contributed by atoms with Crippen LogP contribution in [0, 0.1) is 5.92 Å². The van der Waals surface area contributed by atoms with Crippen molar-refractivity contribution >= 4 is 17.1 Å². The lowest BCUT2D eigenvalue weighted by molar-refractivity contribution is 0.0668. The van der Waals surface area contributed by atoms with Gasteiger partial charge in [0.15, 0.2) is 0 Å². The van der Waals surface area contributed by atoms with Crippen LogP contribution in [0.1, 0.15) is 40.1 Å². The third-order valence-electron chi connectivity index (χ3n) is 6.81. The summed E-state index contributed by atoms with van der Waals surface area (Å²) in [6, 6.07) is 19.5. The molecule has 2 aliphatic rings. The number of hydrogen-bond acceptors (Lipinski definition) is 5. The molecule has 0 aliphatic carbocycles. The molecule has 2 aliphatic heterocycles. The predicted octanol–water partition coefficient (Wildman–Crippen LogP) is 5.43. The summed E-state index contributed by atoms with van der Waals surface area (Å²) in [4.78, 5) is 13.8. The molecule has 0 spiro atoms. The molecule has 1 saturated heterocycles. The van der Waals surface area contributed by atoms with Gasteiger partial charge in [-0.1, -0.05) is 24.3 Å². The second-order valence-corrected chi connectivity index (χ2v) is 9.30. The maximum absolute atomic E-state index is 12.6. The topological polar surface area (TPSA) is 79.2 Å². The maximum Gasteiger partial charge on any atom is 0.335 e. The van der Waals surface area contributed by atoms with Crippen LogP contribution in [0.15, 0.2) is 66.7 Å². The number of carboxylic acid groups (broad SMARTS) is 1. The van der Waals surface area contributed by atoms with Crippen molar-refractivity contribution in [3.63, 3.8) is 0 Å². The summed E-state index contributed by atoms with van der Waals surface area (Å²) in [5.74, 6) is 0.679. The summed E-state index contributed by atoms with van der Waals surface area (Å²) in [5.41, 5.74) is 4.34. The van der Waals surface area contributed by atoms with Crippen molar-refractivity contribution in [1.82, 2.24) is 4.90 Å². The lowest BCUT2D eigenvalue weighted by Gasteiger charge is -2.37. The lowest BCUT2D eigenvalue weighted by atomic mass is 9.85. The number of carbonyl (C=O) groups is 1. The van der Waals surface area contributed by atoms with E-state index in [1.807, 2.05) is 37.3 Å². The Labute approximate surface area is 209 Å². The Hall–Kier alpha value is -3.84. The Morgan fingerprint density at radius 3 is 2.61 bits per heavy atom. The van der Waals surface area contributed by atoms with Gasteiger partial charge in [0.2, 0.25) is 0 Å². The van der Waals surface area contributed by atoms with Crippen molar-refractivity contribution < 1.29 is 28.9 Å². The van der Waals surface area contributed by atoms with Crippen LogP contribution in [-0.2, 0) is 0 Å². The number of nitrogens with zero attached hydrogens (tertiary/aromatic N) is 1. The molecule has 0 unspecified atom stereocenters. The van der Waals surface area contributed by atoms with Crippen molar-refractivity contribution in [2.75, 3.05) is 32.9 Å². The van der Waals surface area contributed by atoms with Crippen LogP contribution in [0.4, 0.5) is 4.39 Å². The van der Waals surface area contributed by atoms with Crippen LogP contribution >= 0.6 is 0 Å². The Balaban J connectivity index is 1.41. The van der Waals surface area contributed by atoms with Crippen LogP contribution in [0.5, 0.6) is 17.2 Å². The molecule has 0 saturated carbocycles. The van der Waals surface area contributed by atoms with E-state index in [0.717, 1.165) is 53.2 Å². The van der Waals surface area contributed by atoms with Gasteiger partial charge in [0.1, 0.15) is 30.0 Å². The van der Waals surface area contributed by atoms with E-state index >= 15 is 0 Å². The van der Waals surface area contributed by atoms with Gasteiger partial charge in [-0.15, -0.1) is 0 Å². The van der Waals surface area contributed by atoms with Gasteiger partial charge in [0, 0.05) is 36.7 Å². The van der Waals surface area contributed by atoms with Crippen LogP contribution in [0.25, 0.3) is 11.1 Å². The molecule has 0 bridgehead atoms. The molecule has 7 heteroatoms. The van der Waals surface area contributed by atoms with Gasteiger partial charge in [0.05, 0.1) is 12.2 Å². The number of alkyl halides is 1. The van der Waals surface area contributed by atoms with Crippen molar-refractivity contribution in [2.24, 2.45) is 5.92 Å². The minimum Gasteiger partial charge on any atom is -0.508 e. The molecule has 0 aromatic heterocycles. The van der Waals surface area contributed by atoms with E-state index in [2.05, 4.69) is 4.90 Å². The summed E-state index contributed by atoms with van der Waals surface area (Å²) in [6.07, 6.45) is -0.473. The molecule has 186 valence electrons. The fraction of sp³-hybridized carbons (Fsp3) is 0.276. The number of hydrogen-bond donors (Lipinski definition) is 2. The first kappa shape index (κ1) is 23.9. The van der Waals surface area contributed by atoms with Gasteiger partial charge in [-0.25, -0.2) is 4.79 Å². The number of phenols is 1. The summed E-state index contributed by atoms with van der Waals surface area (Å²) < 4.78 is 24.9. The van der Waals surface area contributed by atoms with E-state index in [1.165, 1.54) is 0 Å². The third-order valence-corrected chi connectivity index (χ3v) is 6.81. The number of likely N-dealkylation sites (tertiary alicyclic amines) is 1. The highest BCUT2D eigenvalue weighted by atomic mass is 19.1. The first-order chi connectivity index (χ1) is 17.4.